The normalized spacial score (nSPS) is 21.8. The first kappa shape index (κ1) is 16.5. The van der Waals surface area contributed by atoms with Crippen molar-refractivity contribution < 1.29 is 5.11 Å². The topological polar surface area (TPSA) is 20.2 Å². The van der Waals surface area contributed by atoms with Crippen LogP contribution >= 0.6 is 0 Å². The number of aliphatic hydroxyl groups is 1. The minimum absolute atomic E-state index is 0.559. The Balaban J connectivity index is 1.83. The molecule has 0 saturated carbocycles. The minimum atomic E-state index is -0.559. The number of fused-ring (bicyclic) bond motifs is 1. The zero-order valence-corrected chi connectivity index (χ0v) is 13.7. The molecule has 0 fully saturated rings. The molecule has 1 aliphatic rings. The van der Waals surface area contributed by atoms with Gasteiger partial charge < -0.3 is 5.11 Å². The van der Waals surface area contributed by atoms with Crippen molar-refractivity contribution in [1.29, 1.82) is 0 Å². The standard InChI is InChI=1S/C20H32O/c1-2-3-4-5-6-7-11-16-20(21)17-12-10-14-18-13-8-9-15-19(18)20/h8-9,13,15,21H,2-7,10-12,14,16-17H2,1H3. The molecule has 1 heteroatoms. The molecule has 1 aromatic rings. The Morgan fingerprint density at radius 2 is 1.67 bits per heavy atom. The summed E-state index contributed by atoms with van der Waals surface area (Å²) in [6.45, 7) is 2.26. The third-order valence-electron chi connectivity index (χ3n) is 5.00. The Kier molecular flexibility index (Phi) is 6.76. The molecule has 1 atom stereocenters. The van der Waals surface area contributed by atoms with Crippen LogP contribution in [0.4, 0.5) is 0 Å². The number of hydrogen-bond donors (Lipinski definition) is 1. The van der Waals surface area contributed by atoms with E-state index in [1.807, 2.05) is 0 Å². The summed E-state index contributed by atoms with van der Waals surface area (Å²) in [5, 5.41) is 11.1. The fourth-order valence-corrected chi connectivity index (χ4v) is 3.69. The van der Waals surface area contributed by atoms with Crippen molar-refractivity contribution in [2.45, 2.75) is 89.6 Å². The van der Waals surface area contributed by atoms with Crippen molar-refractivity contribution in [3.8, 4) is 0 Å². The maximum absolute atomic E-state index is 11.1. The summed E-state index contributed by atoms with van der Waals surface area (Å²) in [6, 6.07) is 8.55. The summed E-state index contributed by atoms with van der Waals surface area (Å²) in [5.74, 6) is 0. The summed E-state index contributed by atoms with van der Waals surface area (Å²) in [6.07, 6.45) is 14.6. The monoisotopic (exact) mass is 288 g/mol. The van der Waals surface area contributed by atoms with Gasteiger partial charge in [-0.1, -0.05) is 76.1 Å². The Hall–Kier alpha value is -0.820. The highest BCUT2D eigenvalue weighted by atomic mass is 16.3. The summed E-state index contributed by atoms with van der Waals surface area (Å²) in [7, 11) is 0. The molecule has 21 heavy (non-hydrogen) atoms. The van der Waals surface area contributed by atoms with Crippen LogP contribution in [0.3, 0.4) is 0 Å². The van der Waals surface area contributed by atoms with E-state index in [2.05, 4.69) is 31.2 Å². The molecule has 0 saturated heterocycles. The summed E-state index contributed by atoms with van der Waals surface area (Å²) in [5.41, 5.74) is 2.03. The lowest BCUT2D eigenvalue weighted by Crippen LogP contribution is -2.25. The van der Waals surface area contributed by atoms with Gasteiger partial charge in [0.25, 0.3) is 0 Å². The van der Waals surface area contributed by atoms with Crippen LogP contribution in [0, 0.1) is 0 Å². The molecule has 0 amide bonds. The van der Waals surface area contributed by atoms with Crippen LogP contribution in [0.15, 0.2) is 24.3 Å². The first-order valence-corrected chi connectivity index (χ1v) is 9.07. The molecular formula is C20H32O. The summed E-state index contributed by atoms with van der Waals surface area (Å²) in [4.78, 5) is 0. The zero-order valence-electron chi connectivity index (χ0n) is 13.7. The van der Waals surface area contributed by atoms with Crippen LogP contribution < -0.4 is 0 Å². The average molecular weight is 288 g/mol. The van der Waals surface area contributed by atoms with E-state index in [1.54, 1.807) is 0 Å². The Bertz CT molecular complexity index is 412. The van der Waals surface area contributed by atoms with Crippen LogP contribution in [0.5, 0.6) is 0 Å². The summed E-state index contributed by atoms with van der Waals surface area (Å²) >= 11 is 0. The van der Waals surface area contributed by atoms with E-state index in [0.29, 0.717) is 0 Å². The number of unbranched alkanes of at least 4 members (excludes halogenated alkanes) is 6. The van der Waals surface area contributed by atoms with Gasteiger partial charge in [0, 0.05) is 0 Å². The highest BCUT2D eigenvalue weighted by Crippen LogP contribution is 2.38. The predicted molar refractivity (Wildman–Crippen MR) is 90.5 cm³/mol. The van der Waals surface area contributed by atoms with Crippen molar-refractivity contribution in [3.63, 3.8) is 0 Å². The van der Waals surface area contributed by atoms with E-state index >= 15 is 0 Å². The van der Waals surface area contributed by atoms with E-state index in [9.17, 15) is 5.11 Å². The lowest BCUT2D eigenvalue weighted by Gasteiger charge is -2.29. The summed E-state index contributed by atoms with van der Waals surface area (Å²) < 4.78 is 0. The number of benzene rings is 1. The molecule has 1 unspecified atom stereocenters. The average Bonchev–Trinajstić information content (AvgIpc) is 2.67. The number of hydrogen-bond acceptors (Lipinski definition) is 1. The van der Waals surface area contributed by atoms with Crippen molar-refractivity contribution >= 4 is 0 Å². The third kappa shape index (κ3) is 4.85. The third-order valence-corrected chi connectivity index (χ3v) is 5.00. The van der Waals surface area contributed by atoms with Gasteiger partial charge >= 0.3 is 0 Å². The molecule has 0 spiro atoms. The molecule has 0 aromatic heterocycles. The molecule has 1 nitrogen and oxygen atoms in total. The van der Waals surface area contributed by atoms with Crippen LogP contribution in [0.1, 0.15) is 88.7 Å². The first-order valence-electron chi connectivity index (χ1n) is 9.07. The van der Waals surface area contributed by atoms with Crippen molar-refractivity contribution in [3.05, 3.63) is 35.4 Å². The fraction of sp³-hybridized carbons (Fsp3) is 0.700. The van der Waals surface area contributed by atoms with Gasteiger partial charge in [0.2, 0.25) is 0 Å². The largest absolute Gasteiger partial charge is 0.385 e. The molecule has 0 aliphatic heterocycles. The van der Waals surface area contributed by atoms with Gasteiger partial charge in [-0.05, 0) is 43.2 Å². The molecule has 118 valence electrons. The van der Waals surface area contributed by atoms with E-state index in [1.165, 1.54) is 56.1 Å². The molecular weight excluding hydrogens is 256 g/mol. The maximum Gasteiger partial charge on any atom is 0.0899 e. The van der Waals surface area contributed by atoms with Gasteiger partial charge in [-0.2, -0.15) is 0 Å². The quantitative estimate of drug-likeness (QED) is 0.477. The number of aryl methyl sites for hydroxylation is 1. The smallest absolute Gasteiger partial charge is 0.0899 e. The molecule has 0 heterocycles. The van der Waals surface area contributed by atoms with Crippen molar-refractivity contribution in [2.75, 3.05) is 0 Å². The second kappa shape index (κ2) is 8.58. The Morgan fingerprint density at radius 1 is 0.952 bits per heavy atom. The zero-order chi connectivity index (χ0) is 15.0. The van der Waals surface area contributed by atoms with Crippen molar-refractivity contribution in [2.24, 2.45) is 0 Å². The van der Waals surface area contributed by atoms with Gasteiger partial charge in [0.15, 0.2) is 0 Å². The lowest BCUT2D eigenvalue weighted by molar-refractivity contribution is 0.0154. The van der Waals surface area contributed by atoms with E-state index in [-0.39, 0.29) is 0 Å². The molecule has 0 bridgehead atoms. The second-order valence-electron chi connectivity index (χ2n) is 6.77. The van der Waals surface area contributed by atoms with Gasteiger partial charge in [0.1, 0.15) is 0 Å². The Labute approximate surface area is 130 Å². The van der Waals surface area contributed by atoms with Gasteiger partial charge in [-0.3, -0.25) is 0 Å². The fourth-order valence-electron chi connectivity index (χ4n) is 3.69. The van der Waals surface area contributed by atoms with E-state index < -0.39 is 5.60 Å². The van der Waals surface area contributed by atoms with Crippen LogP contribution in [-0.2, 0) is 12.0 Å². The molecule has 1 aromatic carbocycles. The number of rotatable bonds is 8. The highest BCUT2D eigenvalue weighted by Gasteiger charge is 2.31. The van der Waals surface area contributed by atoms with Crippen LogP contribution in [-0.4, -0.2) is 5.11 Å². The second-order valence-corrected chi connectivity index (χ2v) is 6.77. The maximum atomic E-state index is 11.1. The predicted octanol–water partition coefficient (Wildman–Crippen LogP) is 5.74. The van der Waals surface area contributed by atoms with E-state index in [4.69, 9.17) is 0 Å². The molecule has 1 N–H and O–H groups in total. The Morgan fingerprint density at radius 3 is 2.48 bits per heavy atom. The van der Waals surface area contributed by atoms with Gasteiger partial charge in [-0.15, -0.1) is 0 Å². The molecule has 2 rings (SSSR count). The SMILES string of the molecule is CCCCCCCCCC1(O)CCCCc2ccccc21. The van der Waals surface area contributed by atoms with Crippen LogP contribution in [0.2, 0.25) is 0 Å². The molecule has 1 aliphatic carbocycles. The van der Waals surface area contributed by atoms with E-state index in [0.717, 1.165) is 32.1 Å². The lowest BCUT2D eigenvalue weighted by atomic mass is 9.83. The highest BCUT2D eigenvalue weighted by molar-refractivity contribution is 5.33. The van der Waals surface area contributed by atoms with Gasteiger partial charge in [-0.25, -0.2) is 0 Å². The van der Waals surface area contributed by atoms with Crippen LogP contribution in [0.25, 0.3) is 0 Å². The minimum Gasteiger partial charge on any atom is -0.385 e. The first-order chi connectivity index (χ1) is 10.3. The molecule has 0 radical (unpaired) electrons. The van der Waals surface area contributed by atoms with Crippen molar-refractivity contribution in [1.82, 2.24) is 0 Å². The van der Waals surface area contributed by atoms with Gasteiger partial charge in [0.05, 0.1) is 5.60 Å².